The van der Waals surface area contributed by atoms with Gasteiger partial charge in [0, 0.05) is 5.92 Å². The third-order valence-corrected chi connectivity index (χ3v) is 3.80. The summed E-state index contributed by atoms with van der Waals surface area (Å²) in [5, 5.41) is 0. The van der Waals surface area contributed by atoms with Crippen LogP contribution in [0.4, 0.5) is 0 Å². The van der Waals surface area contributed by atoms with Gasteiger partial charge in [0.1, 0.15) is 5.75 Å². The Labute approximate surface area is 123 Å². The molecule has 0 N–H and O–H groups in total. The zero-order valence-electron chi connectivity index (χ0n) is 12.3. The van der Waals surface area contributed by atoms with Gasteiger partial charge in [-0.05, 0) is 24.1 Å². The molecular formula is C16H18O5. The molecule has 2 rings (SSSR count). The van der Waals surface area contributed by atoms with Crippen molar-refractivity contribution in [2.45, 2.75) is 12.3 Å². The van der Waals surface area contributed by atoms with Crippen molar-refractivity contribution in [3.8, 4) is 5.75 Å². The molecule has 1 aromatic rings. The van der Waals surface area contributed by atoms with Gasteiger partial charge in [-0.1, -0.05) is 24.3 Å². The van der Waals surface area contributed by atoms with Crippen LogP contribution in [0.5, 0.6) is 5.75 Å². The van der Waals surface area contributed by atoms with Crippen LogP contribution in [0, 0.1) is 5.41 Å². The highest BCUT2D eigenvalue weighted by molar-refractivity contribution is 6.03. The Bertz CT molecular complexity index is 543. The summed E-state index contributed by atoms with van der Waals surface area (Å²) < 4.78 is 14.7. The van der Waals surface area contributed by atoms with E-state index in [0.717, 1.165) is 11.3 Å². The van der Waals surface area contributed by atoms with Crippen LogP contribution in [0.2, 0.25) is 0 Å². The minimum Gasteiger partial charge on any atom is -0.497 e. The smallest absolute Gasteiger partial charge is 0.327 e. The standard InChI is InChI=1S/C16H18O5/c1-19-13-6-4-11(5-7-13)12-8-9-16(10-12,14(17)20-2)15(18)21-3/h4-9,12H,10H2,1-3H3/t12-/m0/s1. The van der Waals surface area contributed by atoms with E-state index in [2.05, 4.69) is 0 Å². The fourth-order valence-corrected chi connectivity index (χ4v) is 2.59. The van der Waals surface area contributed by atoms with Crippen LogP contribution in [0.1, 0.15) is 17.9 Å². The third-order valence-electron chi connectivity index (χ3n) is 3.80. The first-order valence-corrected chi connectivity index (χ1v) is 6.57. The van der Waals surface area contributed by atoms with Crippen molar-refractivity contribution in [1.29, 1.82) is 0 Å². The normalized spacial score (nSPS) is 19.1. The van der Waals surface area contributed by atoms with Crippen molar-refractivity contribution in [2.24, 2.45) is 5.41 Å². The molecule has 0 bridgehead atoms. The van der Waals surface area contributed by atoms with Gasteiger partial charge >= 0.3 is 11.9 Å². The molecule has 21 heavy (non-hydrogen) atoms. The molecule has 0 spiro atoms. The molecule has 0 radical (unpaired) electrons. The average molecular weight is 290 g/mol. The van der Waals surface area contributed by atoms with Crippen LogP contribution in [0.25, 0.3) is 0 Å². The monoisotopic (exact) mass is 290 g/mol. The fraction of sp³-hybridized carbons (Fsp3) is 0.375. The molecule has 1 aliphatic rings. The lowest BCUT2D eigenvalue weighted by Gasteiger charge is -2.23. The molecular weight excluding hydrogens is 272 g/mol. The summed E-state index contributed by atoms with van der Waals surface area (Å²) in [5.74, 6) is -0.481. The van der Waals surface area contributed by atoms with E-state index in [-0.39, 0.29) is 5.92 Å². The van der Waals surface area contributed by atoms with Crippen molar-refractivity contribution in [3.63, 3.8) is 0 Å². The van der Waals surface area contributed by atoms with E-state index in [9.17, 15) is 9.59 Å². The van der Waals surface area contributed by atoms with Crippen LogP contribution in [-0.2, 0) is 19.1 Å². The average Bonchev–Trinajstić information content (AvgIpc) is 3.00. The number of benzene rings is 1. The summed E-state index contributed by atoms with van der Waals surface area (Å²) in [7, 11) is 4.13. The second kappa shape index (κ2) is 5.99. The van der Waals surface area contributed by atoms with E-state index in [1.54, 1.807) is 13.2 Å². The minimum absolute atomic E-state index is 0.0471. The largest absolute Gasteiger partial charge is 0.497 e. The van der Waals surface area contributed by atoms with Gasteiger partial charge in [0.25, 0.3) is 0 Å². The second-order valence-electron chi connectivity index (χ2n) is 4.90. The number of allylic oxidation sites excluding steroid dienone is 1. The molecule has 5 nitrogen and oxygen atoms in total. The van der Waals surface area contributed by atoms with E-state index in [1.807, 2.05) is 30.3 Å². The molecule has 0 fully saturated rings. The van der Waals surface area contributed by atoms with Crippen LogP contribution in [0.15, 0.2) is 36.4 Å². The van der Waals surface area contributed by atoms with Crippen LogP contribution >= 0.6 is 0 Å². The summed E-state index contributed by atoms with van der Waals surface area (Å²) in [6.07, 6.45) is 3.73. The summed E-state index contributed by atoms with van der Waals surface area (Å²) >= 11 is 0. The molecule has 0 aromatic heterocycles. The Morgan fingerprint density at radius 3 is 2.10 bits per heavy atom. The Hall–Kier alpha value is -2.30. The summed E-state index contributed by atoms with van der Waals surface area (Å²) in [4.78, 5) is 24.0. The Morgan fingerprint density at radius 1 is 1.05 bits per heavy atom. The van der Waals surface area contributed by atoms with Gasteiger partial charge in [-0.3, -0.25) is 9.59 Å². The molecule has 0 aliphatic heterocycles. The van der Waals surface area contributed by atoms with Crippen LogP contribution < -0.4 is 4.74 Å². The molecule has 1 aliphatic carbocycles. The van der Waals surface area contributed by atoms with Crippen molar-refractivity contribution in [1.82, 2.24) is 0 Å². The van der Waals surface area contributed by atoms with E-state index >= 15 is 0 Å². The first-order chi connectivity index (χ1) is 10.1. The van der Waals surface area contributed by atoms with E-state index < -0.39 is 17.4 Å². The van der Waals surface area contributed by atoms with Crippen molar-refractivity contribution >= 4 is 11.9 Å². The zero-order chi connectivity index (χ0) is 15.5. The second-order valence-corrected chi connectivity index (χ2v) is 4.90. The Kier molecular flexibility index (Phi) is 4.31. The van der Waals surface area contributed by atoms with Gasteiger partial charge < -0.3 is 14.2 Å². The predicted molar refractivity (Wildman–Crippen MR) is 76.0 cm³/mol. The number of rotatable bonds is 4. The molecule has 1 aromatic carbocycles. The maximum atomic E-state index is 12.0. The van der Waals surface area contributed by atoms with Crippen molar-refractivity contribution in [2.75, 3.05) is 21.3 Å². The van der Waals surface area contributed by atoms with Crippen molar-refractivity contribution < 1.29 is 23.8 Å². The Balaban J connectivity index is 2.26. The Morgan fingerprint density at radius 2 is 1.62 bits per heavy atom. The third kappa shape index (κ3) is 2.63. The number of esters is 2. The molecule has 5 heteroatoms. The van der Waals surface area contributed by atoms with Gasteiger partial charge in [0.05, 0.1) is 21.3 Å². The van der Waals surface area contributed by atoms with Gasteiger partial charge in [-0.15, -0.1) is 0 Å². The maximum Gasteiger partial charge on any atom is 0.327 e. The lowest BCUT2D eigenvalue weighted by atomic mass is 9.83. The molecule has 0 unspecified atom stereocenters. The summed E-state index contributed by atoms with van der Waals surface area (Å²) in [6.45, 7) is 0. The lowest BCUT2D eigenvalue weighted by Crippen LogP contribution is -2.38. The highest BCUT2D eigenvalue weighted by Crippen LogP contribution is 2.43. The van der Waals surface area contributed by atoms with Crippen LogP contribution in [-0.4, -0.2) is 33.3 Å². The van der Waals surface area contributed by atoms with Gasteiger partial charge in [-0.25, -0.2) is 0 Å². The summed E-state index contributed by atoms with van der Waals surface area (Å²) in [6, 6.07) is 7.52. The topological polar surface area (TPSA) is 61.8 Å². The molecule has 0 saturated heterocycles. The zero-order valence-corrected chi connectivity index (χ0v) is 12.3. The first kappa shape index (κ1) is 15.1. The molecule has 112 valence electrons. The van der Waals surface area contributed by atoms with E-state index in [1.165, 1.54) is 14.2 Å². The highest BCUT2D eigenvalue weighted by atomic mass is 16.5. The SMILES string of the molecule is COC(=O)C1(C(=O)OC)C=C[C@H](c2ccc(OC)cc2)C1. The molecule has 1 atom stereocenters. The summed E-state index contributed by atoms with van der Waals surface area (Å²) in [5.41, 5.74) is -0.351. The quantitative estimate of drug-likeness (QED) is 0.482. The number of carbonyl (C=O) groups is 2. The number of ether oxygens (including phenoxy) is 3. The van der Waals surface area contributed by atoms with E-state index in [4.69, 9.17) is 14.2 Å². The lowest BCUT2D eigenvalue weighted by molar-refractivity contribution is -0.165. The minimum atomic E-state index is -1.35. The maximum absolute atomic E-state index is 12.0. The predicted octanol–water partition coefficient (Wildman–Crippen LogP) is 2.07. The number of methoxy groups -OCH3 is 3. The fourth-order valence-electron chi connectivity index (χ4n) is 2.59. The van der Waals surface area contributed by atoms with Gasteiger partial charge in [0.2, 0.25) is 0 Å². The van der Waals surface area contributed by atoms with Crippen molar-refractivity contribution in [3.05, 3.63) is 42.0 Å². The first-order valence-electron chi connectivity index (χ1n) is 6.57. The van der Waals surface area contributed by atoms with Crippen LogP contribution in [0.3, 0.4) is 0 Å². The molecule has 0 saturated carbocycles. The highest BCUT2D eigenvalue weighted by Gasteiger charge is 2.50. The number of hydrogen-bond donors (Lipinski definition) is 0. The van der Waals surface area contributed by atoms with Gasteiger partial charge in [-0.2, -0.15) is 0 Å². The number of hydrogen-bond acceptors (Lipinski definition) is 5. The number of carbonyl (C=O) groups excluding carboxylic acids is 2. The van der Waals surface area contributed by atoms with E-state index in [0.29, 0.717) is 6.42 Å². The molecule has 0 amide bonds. The van der Waals surface area contributed by atoms with Gasteiger partial charge in [0.15, 0.2) is 5.41 Å². The molecule has 0 heterocycles.